The highest BCUT2D eigenvalue weighted by atomic mass is 33.1. The molecule has 6 atom stereocenters. The Bertz CT molecular complexity index is 1550. The second kappa shape index (κ2) is 24.2. The smallest absolute Gasteiger partial charge is 0.322 e. The molecule has 0 aromatic rings. The van der Waals surface area contributed by atoms with Crippen LogP contribution in [0.4, 0.5) is 0 Å². The number of nitrogens with two attached hydrogens (primary N) is 4. The summed E-state index contributed by atoms with van der Waals surface area (Å²) in [6, 6.07) is -9.41. The lowest BCUT2D eigenvalue weighted by atomic mass is 9.85. The number of carbonyl (C=O) groups excluding carboxylic acids is 6. The minimum absolute atomic E-state index is 0.172. The Hall–Kier alpha value is -5.42. The molecule has 0 saturated heterocycles. The number of carboxylic acid groups (broad SMARTS) is 6. The van der Waals surface area contributed by atoms with Gasteiger partial charge in [-0.1, -0.05) is 21.6 Å². The van der Waals surface area contributed by atoms with E-state index in [-0.39, 0.29) is 4.90 Å². The molecular formula is C28H42N8O18S2. The third kappa shape index (κ3) is 16.9. The number of carboxylic acids is 6. The fourth-order valence-electron chi connectivity index (χ4n) is 4.28. The molecule has 0 radical (unpaired) electrons. The summed E-state index contributed by atoms with van der Waals surface area (Å²) in [5, 5.41) is 61.0. The number of Topliss-reactive ketones (excluding diaryl/α,β-unsaturated/α-hetero) is 1. The SMILES string of the molecule is N[C@@H](CCC(=O)N[C@@H](CSSC[C@](C(=O)NCC(=O)O)(C(=O)[C@@H](N)CC(=O)O)N(C(=O)CC[C@H](N)C(=O)O)C(=O)[C@@H](N)CC(=O)O)C(=O)NCC(=O)O)C(=O)O. The standard InChI is InChI=1S/C28H42N8O18S2/c29-11(25(50)51)1-3-16(37)35-15(23(48)33-7-20(43)44)9-55-56-10-28(27(54)34-8-21(45)46,22(47)13(31)5-18(39)40)36(24(49)14(32)6-19(41)42)17(38)4-2-12(30)26(52)53/h11-15H,1-10,29-32H2,(H,33,48)(H,34,54)(H,35,37)(H,39,40)(H,41,42)(H,43,44)(H,45,46)(H,50,51)(H,52,53)/t11-,12-,13-,14-,15-,28+/m0/s1. The van der Waals surface area contributed by atoms with Crippen LogP contribution < -0.4 is 38.9 Å². The number of hydrogen-bond donors (Lipinski definition) is 13. The summed E-state index contributed by atoms with van der Waals surface area (Å²) >= 11 is 0. The summed E-state index contributed by atoms with van der Waals surface area (Å²) in [5.74, 6) is -20.6. The van der Waals surface area contributed by atoms with Crippen molar-refractivity contribution in [2.24, 2.45) is 22.9 Å². The summed E-state index contributed by atoms with van der Waals surface area (Å²) in [5.41, 5.74) is 19.0. The van der Waals surface area contributed by atoms with E-state index in [9.17, 15) is 78.0 Å². The molecule has 0 aliphatic rings. The molecule has 0 heterocycles. The van der Waals surface area contributed by atoms with Crippen molar-refractivity contribution < 1.29 is 88.2 Å². The van der Waals surface area contributed by atoms with Crippen molar-refractivity contribution in [3.8, 4) is 0 Å². The van der Waals surface area contributed by atoms with Gasteiger partial charge in [-0.25, -0.2) is 0 Å². The van der Waals surface area contributed by atoms with Gasteiger partial charge in [-0.15, -0.1) is 0 Å². The zero-order valence-corrected chi connectivity index (χ0v) is 30.7. The first-order chi connectivity index (χ1) is 25.9. The number of nitrogens with zero attached hydrogens (tertiary/aromatic N) is 1. The zero-order valence-electron chi connectivity index (χ0n) is 29.1. The van der Waals surface area contributed by atoms with E-state index in [0.29, 0.717) is 21.6 Å². The van der Waals surface area contributed by atoms with Crippen molar-refractivity contribution >= 4 is 92.7 Å². The van der Waals surface area contributed by atoms with Gasteiger partial charge in [0.05, 0.1) is 24.9 Å². The highest BCUT2D eigenvalue weighted by Crippen LogP contribution is 2.33. The molecular weight excluding hydrogens is 800 g/mol. The highest BCUT2D eigenvalue weighted by Gasteiger charge is 2.57. The number of ketones is 1. The molecule has 314 valence electrons. The van der Waals surface area contributed by atoms with Crippen LogP contribution >= 0.6 is 21.6 Å². The number of nitrogens with one attached hydrogen (secondary N) is 3. The van der Waals surface area contributed by atoms with Crippen LogP contribution in [0.2, 0.25) is 0 Å². The lowest BCUT2D eigenvalue weighted by Crippen LogP contribution is -2.73. The van der Waals surface area contributed by atoms with Crippen LogP contribution in [-0.2, 0) is 57.5 Å². The maximum Gasteiger partial charge on any atom is 0.322 e. The lowest BCUT2D eigenvalue weighted by molar-refractivity contribution is -0.164. The number of amides is 5. The molecule has 26 nitrogen and oxygen atoms in total. The van der Waals surface area contributed by atoms with Crippen LogP contribution in [0, 0.1) is 0 Å². The second-order valence-electron chi connectivity index (χ2n) is 11.5. The molecule has 0 saturated carbocycles. The van der Waals surface area contributed by atoms with E-state index in [0.717, 1.165) is 0 Å². The molecule has 0 unspecified atom stereocenters. The monoisotopic (exact) mass is 842 g/mol. The number of imide groups is 1. The summed E-state index contributed by atoms with van der Waals surface area (Å²) < 4.78 is 0. The molecule has 0 aromatic carbocycles. The van der Waals surface area contributed by atoms with Crippen LogP contribution in [0.25, 0.3) is 0 Å². The maximum absolute atomic E-state index is 14.2. The van der Waals surface area contributed by atoms with Crippen molar-refractivity contribution in [1.29, 1.82) is 0 Å². The van der Waals surface area contributed by atoms with Gasteiger partial charge in [0, 0.05) is 24.3 Å². The van der Waals surface area contributed by atoms with Crippen molar-refractivity contribution in [2.75, 3.05) is 24.6 Å². The Morgan fingerprint density at radius 1 is 0.607 bits per heavy atom. The maximum atomic E-state index is 14.2. The summed E-state index contributed by atoms with van der Waals surface area (Å²) in [7, 11) is 0.828. The van der Waals surface area contributed by atoms with Crippen molar-refractivity contribution in [3.63, 3.8) is 0 Å². The minimum atomic E-state index is -3.39. The molecule has 0 fully saturated rings. The predicted octanol–water partition coefficient (Wildman–Crippen LogP) is -6.09. The average Bonchev–Trinajstić information content (AvgIpc) is 3.09. The van der Waals surface area contributed by atoms with Gasteiger partial charge >= 0.3 is 35.8 Å². The first-order valence-electron chi connectivity index (χ1n) is 15.7. The van der Waals surface area contributed by atoms with Crippen LogP contribution in [0.1, 0.15) is 38.5 Å². The van der Waals surface area contributed by atoms with Gasteiger partial charge in [-0.3, -0.25) is 62.4 Å². The third-order valence-corrected chi connectivity index (χ3v) is 9.55. The van der Waals surface area contributed by atoms with E-state index in [1.807, 2.05) is 5.32 Å². The number of aliphatic carboxylic acids is 6. The Labute approximate surface area is 323 Å². The number of hydrogen-bond acceptors (Lipinski definition) is 18. The van der Waals surface area contributed by atoms with E-state index in [1.54, 1.807) is 5.32 Å². The van der Waals surface area contributed by atoms with Gasteiger partial charge in [-0.05, 0) is 12.8 Å². The fraction of sp³-hybridized carbons (Fsp3) is 0.571. The Morgan fingerprint density at radius 3 is 1.57 bits per heavy atom. The lowest BCUT2D eigenvalue weighted by Gasteiger charge is -2.41. The minimum Gasteiger partial charge on any atom is -0.481 e. The quantitative estimate of drug-likeness (QED) is 0.0198. The zero-order chi connectivity index (χ0) is 43.5. The topological polar surface area (TPSA) is 470 Å². The predicted molar refractivity (Wildman–Crippen MR) is 188 cm³/mol. The van der Waals surface area contributed by atoms with Crippen molar-refractivity contribution in [2.45, 2.75) is 74.3 Å². The Balaban J connectivity index is 7.31. The molecule has 0 rings (SSSR count). The van der Waals surface area contributed by atoms with Gasteiger partial charge in [0.15, 0.2) is 11.3 Å². The Morgan fingerprint density at radius 2 is 1.09 bits per heavy atom. The number of carbonyl (C=O) groups is 12. The largest absolute Gasteiger partial charge is 0.481 e. The van der Waals surface area contributed by atoms with Crippen LogP contribution in [0.3, 0.4) is 0 Å². The number of rotatable bonds is 28. The molecule has 0 aliphatic heterocycles. The van der Waals surface area contributed by atoms with E-state index in [2.05, 4.69) is 5.32 Å². The molecule has 5 amide bonds. The summed E-state index contributed by atoms with van der Waals surface area (Å²) in [4.78, 5) is 149. The van der Waals surface area contributed by atoms with E-state index in [1.165, 1.54) is 0 Å². The summed E-state index contributed by atoms with van der Waals surface area (Å²) in [6.45, 7) is -2.25. The molecule has 0 spiro atoms. The van der Waals surface area contributed by atoms with Crippen molar-refractivity contribution in [1.82, 2.24) is 20.9 Å². The van der Waals surface area contributed by atoms with Crippen LogP contribution in [0.5, 0.6) is 0 Å². The average molecular weight is 843 g/mol. The molecule has 0 aromatic heterocycles. The molecule has 17 N–H and O–H groups in total. The first-order valence-corrected chi connectivity index (χ1v) is 18.2. The Kier molecular flexibility index (Phi) is 21.8. The normalized spacial score (nSPS) is 14.6. The second-order valence-corrected chi connectivity index (χ2v) is 14.0. The van der Waals surface area contributed by atoms with Gasteiger partial charge in [0.2, 0.25) is 23.6 Å². The molecule has 0 bridgehead atoms. The van der Waals surface area contributed by atoms with E-state index < -0.39 is 170 Å². The van der Waals surface area contributed by atoms with Crippen LogP contribution in [-0.4, -0.2) is 167 Å². The van der Waals surface area contributed by atoms with Gasteiger partial charge in [0.1, 0.15) is 31.2 Å². The molecule has 28 heteroatoms. The van der Waals surface area contributed by atoms with Crippen molar-refractivity contribution in [3.05, 3.63) is 0 Å². The third-order valence-electron chi connectivity index (χ3n) is 7.12. The van der Waals surface area contributed by atoms with E-state index >= 15 is 0 Å². The first kappa shape index (κ1) is 50.6. The molecule has 0 aliphatic carbocycles. The van der Waals surface area contributed by atoms with Gasteiger partial charge in [0.25, 0.3) is 5.91 Å². The fourth-order valence-corrected chi connectivity index (χ4v) is 6.86. The van der Waals surface area contributed by atoms with Gasteiger partial charge in [-0.2, -0.15) is 0 Å². The van der Waals surface area contributed by atoms with Crippen LogP contribution in [0.15, 0.2) is 0 Å². The summed E-state index contributed by atoms with van der Waals surface area (Å²) in [6.07, 6.45) is -5.30. The highest BCUT2D eigenvalue weighted by molar-refractivity contribution is 8.76. The van der Waals surface area contributed by atoms with Gasteiger partial charge < -0.3 is 69.5 Å². The molecule has 56 heavy (non-hydrogen) atoms. The van der Waals surface area contributed by atoms with E-state index in [4.69, 9.17) is 33.1 Å².